The molecular formula is C14H17F4NO. The summed E-state index contributed by atoms with van der Waals surface area (Å²) in [5, 5.41) is 0. The molecule has 0 aliphatic heterocycles. The topological polar surface area (TPSA) is 20.3 Å². The van der Waals surface area contributed by atoms with Crippen molar-refractivity contribution < 1.29 is 22.4 Å². The Labute approximate surface area is 115 Å². The van der Waals surface area contributed by atoms with Gasteiger partial charge in [-0.25, -0.2) is 4.39 Å². The van der Waals surface area contributed by atoms with Crippen molar-refractivity contribution in [1.29, 1.82) is 0 Å². The molecule has 0 bridgehead atoms. The zero-order valence-corrected chi connectivity index (χ0v) is 11.4. The quantitative estimate of drug-likeness (QED) is 0.589. The van der Waals surface area contributed by atoms with Crippen LogP contribution < -0.4 is 0 Å². The van der Waals surface area contributed by atoms with Gasteiger partial charge in [0.15, 0.2) is 5.78 Å². The fourth-order valence-corrected chi connectivity index (χ4v) is 1.78. The third-order valence-electron chi connectivity index (χ3n) is 2.90. The zero-order chi connectivity index (χ0) is 15.3. The maximum absolute atomic E-state index is 12.7. The third-order valence-corrected chi connectivity index (χ3v) is 2.90. The van der Waals surface area contributed by atoms with E-state index in [-0.39, 0.29) is 24.8 Å². The van der Waals surface area contributed by atoms with Gasteiger partial charge in [-0.1, -0.05) is 0 Å². The van der Waals surface area contributed by atoms with E-state index < -0.39 is 18.5 Å². The predicted octanol–water partition coefficient (Wildman–Crippen LogP) is 3.67. The van der Waals surface area contributed by atoms with Gasteiger partial charge in [0.1, 0.15) is 5.82 Å². The normalized spacial score (nSPS) is 12.2. The van der Waals surface area contributed by atoms with Gasteiger partial charge in [0, 0.05) is 24.6 Å². The highest BCUT2D eigenvalue weighted by Crippen LogP contribution is 2.18. The lowest BCUT2D eigenvalue weighted by atomic mass is 10.1. The van der Waals surface area contributed by atoms with E-state index in [1.807, 2.05) is 0 Å². The van der Waals surface area contributed by atoms with Crippen LogP contribution in [-0.4, -0.2) is 36.0 Å². The molecular weight excluding hydrogens is 274 g/mol. The van der Waals surface area contributed by atoms with Crippen molar-refractivity contribution in [2.24, 2.45) is 0 Å². The molecule has 0 fully saturated rings. The number of nitrogens with zero attached hydrogens (tertiary/aromatic N) is 1. The molecule has 0 radical (unpaired) electrons. The van der Waals surface area contributed by atoms with Gasteiger partial charge in [0.2, 0.25) is 0 Å². The smallest absolute Gasteiger partial charge is 0.294 e. The lowest BCUT2D eigenvalue weighted by Gasteiger charge is -2.27. The number of ketones is 1. The first-order valence-corrected chi connectivity index (χ1v) is 6.28. The van der Waals surface area contributed by atoms with E-state index in [1.54, 1.807) is 13.8 Å². The molecule has 0 unspecified atom stereocenters. The molecule has 1 rings (SSSR count). The van der Waals surface area contributed by atoms with Gasteiger partial charge in [-0.2, -0.15) is 13.2 Å². The average molecular weight is 291 g/mol. The molecule has 0 aliphatic rings. The average Bonchev–Trinajstić information content (AvgIpc) is 2.33. The van der Waals surface area contributed by atoms with Crippen LogP contribution in [0.2, 0.25) is 0 Å². The van der Waals surface area contributed by atoms with Crippen LogP contribution in [0.25, 0.3) is 0 Å². The summed E-state index contributed by atoms with van der Waals surface area (Å²) in [6.07, 6.45) is -4.32. The fraction of sp³-hybridized carbons (Fsp3) is 0.500. The monoisotopic (exact) mass is 291 g/mol. The molecule has 0 heterocycles. The summed E-state index contributed by atoms with van der Waals surface area (Å²) in [6, 6.07) is 4.67. The van der Waals surface area contributed by atoms with Gasteiger partial charge in [-0.3, -0.25) is 9.69 Å². The number of alkyl halides is 3. The summed E-state index contributed by atoms with van der Waals surface area (Å²) in [6.45, 7) is 2.27. The van der Waals surface area contributed by atoms with Crippen molar-refractivity contribution in [2.45, 2.75) is 32.5 Å². The van der Waals surface area contributed by atoms with Crippen molar-refractivity contribution in [2.75, 3.05) is 13.1 Å². The second-order valence-corrected chi connectivity index (χ2v) is 4.86. The maximum Gasteiger partial charge on any atom is 0.401 e. The van der Waals surface area contributed by atoms with E-state index in [0.29, 0.717) is 5.56 Å². The Morgan fingerprint density at radius 2 is 1.75 bits per heavy atom. The highest BCUT2D eigenvalue weighted by molar-refractivity contribution is 5.96. The number of Topliss-reactive ketones (excluding diaryl/α,β-unsaturated/α-hetero) is 1. The van der Waals surface area contributed by atoms with E-state index in [4.69, 9.17) is 0 Å². The molecule has 0 atom stereocenters. The Bertz CT molecular complexity index is 439. The standard InChI is InChI=1S/C14H17F4NO/c1-10(2)19(9-14(16,17)18)8-7-13(20)11-3-5-12(15)6-4-11/h3-6,10H,7-9H2,1-2H3. The van der Waals surface area contributed by atoms with Crippen LogP contribution in [0.1, 0.15) is 30.6 Å². The first kappa shape index (κ1) is 16.6. The Morgan fingerprint density at radius 1 is 1.20 bits per heavy atom. The minimum absolute atomic E-state index is 0.0212. The number of carbonyl (C=O) groups is 1. The second kappa shape index (κ2) is 6.83. The van der Waals surface area contributed by atoms with E-state index >= 15 is 0 Å². The molecule has 0 aliphatic carbocycles. The Morgan fingerprint density at radius 3 is 2.20 bits per heavy atom. The highest BCUT2D eigenvalue weighted by atomic mass is 19.4. The Kier molecular flexibility index (Phi) is 5.68. The molecule has 0 N–H and O–H groups in total. The number of benzene rings is 1. The van der Waals surface area contributed by atoms with Crippen molar-refractivity contribution in [3.8, 4) is 0 Å². The first-order chi connectivity index (χ1) is 9.19. The van der Waals surface area contributed by atoms with Gasteiger partial charge in [0.25, 0.3) is 0 Å². The summed E-state index contributed by atoms with van der Waals surface area (Å²) in [5.41, 5.74) is 0.308. The van der Waals surface area contributed by atoms with E-state index in [9.17, 15) is 22.4 Å². The molecule has 0 spiro atoms. The van der Waals surface area contributed by atoms with Crippen molar-refractivity contribution in [1.82, 2.24) is 4.90 Å². The highest BCUT2D eigenvalue weighted by Gasteiger charge is 2.31. The minimum atomic E-state index is -4.29. The summed E-state index contributed by atoms with van der Waals surface area (Å²) >= 11 is 0. The molecule has 0 saturated carbocycles. The van der Waals surface area contributed by atoms with Crippen LogP contribution in [0.3, 0.4) is 0 Å². The van der Waals surface area contributed by atoms with Gasteiger partial charge < -0.3 is 0 Å². The van der Waals surface area contributed by atoms with E-state index in [0.717, 1.165) is 12.1 Å². The minimum Gasteiger partial charge on any atom is -0.294 e. The number of hydrogen-bond acceptors (Lipinski definition) is 2. The van der Waals surface area contributed by atoms with Gasteiger partial charge in [-0.05, 0) is 38.1 Å². The van der Waals surface area contributed by atoms with Crippen LogP contribution in [0.5, 0.6) is 0 Å². The third kappa shape index (κ3) is 5.69. The summed E-state index contributed by atoms with van der Waals surface area (Å²) in [5.74, 6) is -0.750. The van der Waals surface area contributed by atoms with Gasteiger partial charge in [-0.15, -0.1) is 0 Å². The SMILES string of the molecule is CC(C)N(CCC(=O)c1ccc(F)cc1)CC(F)(F)F. The van der Waals surface area contributed by atoms with Gasteiger partial charge >= 0.3 is 6.18 Å². The lowest BCUT2D eigenvalue weighted by molar-refractivity contribution is -0.149. The van der Waals surface area contributed by atoms with Crippen molar-refractivity contribution in [3.63, 3.8) is 0 Å². The molecule has 2 nitrogen and oxygen atoms in total. The van der Waals surface area contributed by atoms with Crippen molar-refractivity contribution >= 4 is 5.78 Å². The molecule has 1 aromatic rings. The Hall–Kier alpha value is -1.43. The fourth-order valence-electron chi connectivity index (χ4n) is 1.78. The van der Waals surface area contributed by atoms with E-state index in [2.05, 4.69) is 0 Å². The maximum atomic E-state index is 12.7. The molecule has 20 heavy (non-hydrogen) atoms. The predicted molar refractivity (Wildman–Crippen MR) is 68.1 cm³/mol. The summed E-state index contributed by atoms with van der Waals surface area (Å²) in [4.78, 5) is 13.0. The second-order valence-electron chi connectivity index (χ2n) is 4.86. The molecule has 0 aromatic heterocycles. The lowest BCUT2D eigenvalue weighted by Crippen LogP contribution is -2.40. The largest absolute Gasteiger partial charge is 0.401 e. The summed E-state index contributed by atoms with van der Waals surface area (Å²) < 4.78 is 49.9. The van der Waals surface area contributed by atoms with Crippen LogP contribution in [-0.2, 0) is 0 Å². The first-order valence-electron chi connectivity index (χ1n) is 6.28. The van der Waals surface area contributed by atoms with Crippen LogP contribution >= 0.6 is 0 Å². The molecule has 6 heteroatoms. The van der Waals surface area contributed by atoms with Gasteiger partial charge in [0.05, 0.1) is 6.54 Å². The summed E-state index contributed by atoms with van der Waals surface area (Å²) in [7, 11) is 0. The number of hydrogen-bond donors (Lipinski definition) is 0. The number of carbonyl (C=O) groups excluding carboxylic acids is 1. The molecule has 0 amide bonds. The number of rotatable bonds is 6. The zero-order valence-electron chi connectivity index (χ0n) is 11.4. The van der Waals surface area contributed by atoms with Crippen molar-refractivity contribution in [3.05, 3.63) is 35.6 Å². The molecule has 1 aromatic carbocycles. The van der Waals surface area contributed by atoms with Crippen LogP contribution in [0, 0.1) is 5.82 Å². The van der Waals surface area contributed by atoms with E-state index in [1.165, 1.54) is 17.0 Å². The molecule has 0 saturated heterocycles. The van der Waals surface area contributed by atoms with Crippen LogP contribution in [0.4, 0.5) is 17.6 Å². The molecule has 112 valence electrons. The number of halogens is 4. The Balaban J connectivity index is 2.59. The van der Waals surface area contributed by atoms with Crippen LogP contribution in [0.15, 0.2) is 24.3 Å².